The van der Waals surface area contributed by atoms with Crippen LogP contribution in [-0.2, 0) is 0 Å². The summed E-state index contributed by atoms with van der Waals surface area (Å²) in [5, 5.41) is 4.00. The Labute approximate surface area is 154 Å². The third-order valence-electron chi connectivity index (χ3n) is 4.74. The number of para-hydroxylation sites is 1. The molecule has 1 aliphatic heterocycles. The summed E-state index contributed by atoms with van der Waals surface area (Å²) >= 11 is 1.81. The standard InChI is InChI=1S/C20H27N3OS/c1-15-7-5-11-23(14-15)19-13-17(20(24)21-10-6-12-25-2)16-8-3-4-9-18(16)22-19/h3-4,8-9,13,15H,5-7,10-12,14H2,1-2H3,(H,21,24). The van der Waals surface area contributed by atoms with Crippen LogP contribution in [0, 0.1) is 5.92 Å². The van der Waals surface area contributed by atoms with Crippen molar-refractivity contribution in [3.05, 3.63) is 35.9 Å². The lowest BCUT2D eigenvalue weighted by molar-refractivity contribution is 0.0955. The predicted molar refractivity (Wildman–Crippen MR) is 108 cm³/mol. The second-order valence-electron chi connectivity index (χ2n) is 6.84. The van der Waals surface area contributed by atoms with Gasteiger partial charge in [-0.2, -0.15) is 11.8 Å². The van der Waals surface area contributed by atoms with Crippen LogP contribution in [0.5, 0.6) is 0 Å². The van der Waals surface area contributed by atoms with Crippen molar-refractivity contribution in [1.82, 2.24) is 10.3 Å². The maximum Gasteiger partial charge on any atom is 0.252 e. The normalized spacial score (nSPS) is 17.7. The molecule has 1 N–H and O–H groups in total. The van der Waals surface area contributed by atoms with Crippen molar-refractivity contribution in [3.63, 3.8) is 0 Å². The van der Waals surface area contributed by atoms with Crippen molar-refractivity contribution >= 4 is 34.4 Å². The van der Waals surface area contributed by atoms with Crippen LogP contribution in [0.2, 0.25) is 0 Å². The van der Waals surface area contributed by atoms with Crippen molar-refractivity contribution in [2.45, 2.75) is 26.2 Å². The Hall–Kier alpha value is -1.75. The highest BCUT2D eigenvalue weighted by atomic mass is 32.2. The number of anilines is 1. The van der Waals surface area contributed by atoms with E-state index in [1.54, 1.807) is 11.8 Å². The molecule has 1 amide bonds. The highest BCUT2D eigenvalue weighted by Crippen LogP contribution is 2.26. The van der Waals surface area contributed by atoms with Crippen molar-refractivity contribution < 1.29 is 4.79 Å². The number of hydrogen-bond donors (Lipinski definition) is 1. The van der Waals surface area contributed by atoms with Gasteiger partial charge in [-0.1, -0.05) is 25.1 Å². The number of carbonyl (C=O) groups excluding carboxylic acids is 1. The third kappa shape index (κ3) is 4.46. The van der Waals surface area contributed by atoms with E-state index in [-0.39, 0.29) is 5.91 Å². The van der Waals surface area contributed by atoms with Gasteiger partial charge in [0.1, 0.15) is 5.82 Å². The summed E-state index contributed by atoms with van der Waals surface area (Å²) in [6.07, 6.45) is 5.54. The van der Waals surface area contributed by atoms with Crippen LogP contribution < -0.4 is 10.2 Å². The molecule has 3 rings (SSSR count). The van der Waals surface area contributed by atoms with E-state index in [2.05, 4.69) is 23.4 Å². The first-order chi connectivity index (χ1) is 12.2. The van der Waals surface area contributed by atoms with Gasteiger partial charge in [0.2, 0.25) is 0 Å². The van der Waals surface area contributed by atoms with Crippen molar-refractivity contribution in [1.29, 1.82) is 0 Å². The monoisotopic (exact) mass is 357 g/mol. The first-order valence-electron chi connectivity index (χ1n) is 9.11. The summed E-state index contributed by atoms with van der Waals surface area (Å²) in [5.41, 5.74) is 1.63. The molecule has 1 aliphatic rings. The molecule has 1 atom stereocenters. The van der Waals surface area contributed by atoms with E-state index in [1.807, 2.05) is 30.3 Å². The van der Waals surface area contributed by atoms with Crippen LogP contribution in [0.3, 0.4) is 0 Å². The highest BCUT2D eigenvalue weighted by Gasteiger charge is 2.20. The van der Waals surface area contributed by atoms with E-state index in [9.17, 15) is 4.79 Å². The number of nitrogens with one attached hydrogen (secondary N) is 1. The number of benzene rings is 1. The number of nitrogens with zero attached hydrogens (tertiary/aromatic N) is 2. The van der Waals surface area contributed by atoms with Crippen LogP contribution in [0.4, 0.5) is 5.82 Å². The van der Waals surface area contributed by atoms with Gasteiger partial charge in [-0.15, -0.1) is 0 Å². The van der Waals surface area contributed by atoms with Crippen LogP contribution in [-0.4, -0.2) is 42.5 Å². The topological polar surface area (TPSA) is 45.2 Å². The number of fused-ring (bicyclic) bond motifs is 1. The van der Waals surface area contributed by atoms with E-state index in [0.29, 0.717) is 12.5 Å². The van der Waals surface area contributed by atoms with Gasteiger partial charge in [0.25, 0.3) is 5.91 Å². The Balaban J connectivity index is 1.88. The first-order valence-corrected chi connectivity index (χ1v) is 10.5. The fraction of sp³-hybridized carbons (Fsp3) is 0.500. The van der Waals surface area contributed by atoms with E-state index in [1.165, 1.54) is 12.8 Å². The zero-order chi connectivity index (χ0) is 17.6. The minimum absolute atomic E-state index is 0.00557. The van der Waals surface area contributed by atoms with Gasteiger partial charge in [0.05, 0.1) is 11.1 Å². The summed E-state index contributed by atoms with van der Waals surface area (Å²) in [7, 11) is 0. The van der Waals surface area contributed by atoms with E-state index < -0.39 is 0 Å². The smallest absolute Gasteiger partial charge is 0.252 e. The molecule has 2 aromatic rings. The van der Waals surface area contributed by atoms with Crippen LogP contribution >= 0.6 is 11.8 Å². The lowest BCUT2D eigenvalue weighted by Gasteiger charge is -2.32. The fourth-order valence-corrected chi connectivity index (χ4v) is 3.86. The Morgan fingerprint density at radius 3 is 3.04 bits per heavy atom. The minimum Gasteiger partial charge on any atom is -0.356 e. The summed E-state index contributed by atoms with van der Waals surface area (Å²) in [6, 6.07) is 9.91. The molecule has 1 saturated heterocycles. The molecule has 4 nitrogen and oxygen atoms in total. The molecule has 0 radical (unpaired) electrons. The molecule has 0 saturated carbocycles. The molecule has 1 aromatic heterocycles. The van der Waals surface area contributed by atoms with E-state index in [0.717, 1.165) is 47.5 Å². The number of piperidine rings is 1. The molecule has 0 bridgehead atoms. The SMILES string of the molecule is CSCCCNC(=O)c1cc(N2CCCC(C)C2)nc2ccccc12. The van der Waals surface area contributed by atoms with Crippen LogP contribution in [0.15, 0.2) is 30.3 Å². The number of thioether (sulfide) groups is 1. The molecule has 0 aliphatic carbocycles. The van der Waals surface area contributed by atoms with E-state index >= 15 is 0 Å². The molecular weight excluding hydrogens is 330 g/mol. The zero-order valence-corrected chi connectivity index (χ0v) is 15.9. The average Bonchev–Trinajstić information content (AvgIpc) is 2.64. The number of carbonyl (C=O) groups is 1. The molecule has 134 valence electrons. The third-order valence-corrected chi connectivity index (χ3v) is 5.44. The first kappa shape index (κ1) is 18.1. The van der Waals surface area contributed by atoms with Crippen molar-refractivity contribution in [2.75, 3.05) is 36.5 Å². The molecule has 1 unspecified atom stereocenters. The summed E-state index contributed by atoms with van der Waals surface area (Å²) in [5.74, 6) is 2.67. The summed E-state index contributed by atoms with van der Waals surface area (Å²) in [6.45, 7) is 5.03. The van der Waals surface area contributed by atoms with Crippen LogP contribution in [0.1, 0.15) is 36.5 Å². The van der Waals surface area contributed by atoms with Crippen molar-refractivity contribution in [3.8, 4) is 0 Å². The van der Waals surface area contributed by atoms with Gasteiger partial charge < -0.3 is 10.2 Å². The number of hydrogen-bond acceptors (Lipinski definition) is 4. The molecule has 1 fully saturated rings. The lowest BCUT2D eigenvalue weighted by Crippen LogP contribution is -2.35. The second kappa shape index (κ2) is 8.56. The average molecular weight is 358 g/mol. The quantitative estimate of drug-likeness (QED) is 0.795. The number of aromatic nitrogens is 1. The van der Waals surface area contributed by atoms with Gasteiger partial charge in [0, 0.05) is 25.0 Å². The Morgan fingerprint density at radius 1 is 1.40 bits per heavy atom. The van der Waals surface area contributed by atoms with E-state index in [4.69, 9.17) is 4.98 Å². The van der Waals surface area contributed by atoms with Gasteiger partial charge in [-0.25, -0.2) is 4.98 Å². The Kier molecular flexibility index (Phi) is 6.19. The molecule has 1 aromatic carbocycles. The number of rotatable bonds is 6. The maximum atomic E-state index is 12.8. The van der Waals surface area contributed by atoms with Gasteiger partial charge in [-0.05, 0) is 49.3 Å². The highest BCUT2D eigenvalue weighted by molar-refractivity contribution is 7.98. The fourth-order valence-electron chi connectivity index (χ4n) is 3.42. The molecule has 0 spiro atoms. The predicted octanol–water partition coefficient (Wildman–Crippen LogP) is 3.95. The molecule has 25 heavy (non-hydrogen) atoms. The lowest BCUT2D eigenvalue weighted by atomic mass is 10.00. The number of amides is 1. The molecular formula is C20H27N3OS. The van der Waals surface area contributed by atoms with Crippen molar-refractivity contribution in [2.24, 2.45) is 5.92 Å². The Morgan fingerprint density at radius 2 is 2.24 bits per heavy atom. The van der Waals surface area contributed by atoms with Gasteiger partial charge in [0.15, 0.2) is 0 Å². The molecule has 5 heteroatoms. The van der Waals surface area contributed by atoms with Crippen LogP contribution in [0.25, 0.3) is 10.9 Å². The molecule has 2 heterocycles. The summed E-state index contributed by atoms with van der Waals surface area (Å²) < 4.78 is 0. The largest absolute Gasteiger partial charge is 0.356 e. The maximum absolute atomic E-state index is 12.8. The minimum atomic E-state index is 0.00557. The zero-order valence-electron chi connectivity index (χ0n) is 15.1. The number of pyridine rings is 1. The van der Waals surface area contributed by atoms with Gasteiger partial charge in [-0.3, -0.25) is 4.79 Å². The summed E-state index contributed by atoms with van der Waals surface area (Å²) in [4.78, 5) is 19.9. The Bertz CT molecular complexity index is 734. The van der Waals surface area contributed by atoms with Gasteiger partial charge >= 0.3 is 0 Å². The second-order valence-corrected chi connectivity index (χ2v) is 7.83.